The Kier molecular flexibility index (Phi) is 4.31. The van der Waals surface area contributed by atoms with Crippen molar-refractivity contribution in [3.05, 3.63) is 73.3 Å². The number of rotatable bonds is 4. The number of nitrogens with zero attached hydrogens (tertiary/aromatic N) is 4. The van der Waals surface area contributed by atoms with Crippen molar-refractivity contribution in [3.63, 3.8) is 0 Å². The highest BCUT2D eigenvalue weighted by Crippen LogP contribution is 2.26. The molecule has 0 aliphatic carbocycles. The Morgan fingerprint density at radius 3 is 2.96 bits per heavy atom. The molecule has 132 valence electrons. The quantitative estimate of drug-likeness (QED) is 0.559. The Morgan fingerprint density at radius 1 is 1.35 bits per heavy atom. The summed E-state index contributed by atoms with van der Waals surface area (Å²) in [6, 6.07) is 6.95. The van der Waals surface area contributed by atoms with E-state index in [0.717, 1.165) is 22.7 Å². The number of pyridine rings is 1. The molecule has 0 unspecified atom stereocenters. The summed E-state index contributed by atoms with van der Waals surface area (Å²) < 4.78 is 0. The van der Waals surface area contributed by atoms with Crippen LogP contribution in [0.2, 0.25) is 0 Å². The molecular weight excluding hydrogens is 354 g/mol. The first-order chi connectivity index (χ1) is 12.6. The lowest BCUT2D eigenvalue weighted by Crippen LogP contribution is -2.35. The van der Waals surface area contributed by atoms with E-state index in [4.69, 9.17) is 0 Å². The van der Waals surface area contributed by atoms with Crippen molar-refractivity contribution in [1.82, 2.24) is 19.9 Å². The maximum absolute atomic E-state index is 12.5. The first kappa shape index (κ1) is 16.6. The van der Waals surface area contributed by atoms with Gasteiger partial charge in [-0.05, 0) is 18.2 Å². The zero-order chi connectivity index (χ0) is 18.1. The van der Waals surface area contributed by atoms with Crippen LogP contribution in [0.3, 0.4) is 0 Å². The molecule has 1 N–H and O–H groups in total. The van der Waals surface area contributed by atoms with Gasteiger partial charge in [0.2, 0.25) is 0 Å². The maximum atomic E-state index is 12.5. The summed E-state index contributed by atoms with van der Waals surface area (Å²) in [5.41, 5.74) is 2.10. The minimum Gasteiger partial charge on any atom is -0.306 e. The van der Waals surface area contributed by atoms with E-state index in [1.54, 1.807) is 24.5 Å². The van der Waals surface area contributed by atoms with Gasteiger partial charge in [-0.15, -0.1) is 0 Å². The van der Waals surface area contributed by atoms with Crippen LogP contribution in [0.15, 0.2) is 41.5 Å². The van der Waals surface area contributed by atoms with Gasteiger partial charge in [0.05, 0.1) is 16.2 Å². The molecule has 0 amide bonds. The lowest BCUT2D eigenvalue weighted by molar-refractivity contribution is -0.380. The van der Waals surface area contributed by atoms with Crippen LogP contribution in [-0.2, 0) is 19.5 Å². The van der Waals surface area contributed by atoms with Gasteiger partial charge in [-0.25, -0.2) is 4.98 Å². The average Bonchev–Trinajstić information content (AvgIpc) is 3.12. The molecule has 0 fully saturated rings. The second kappa shape index (κ2) is 6.77. The fourth-order valence-electron chi connectivity index (χ4n) is 3.03. The van der Waals surface area contributed by atoms with Gasteiger partial charge in [-0.3, -0.25) is 24.8 Å². The standard InChI is InChI=1S/C17H15N5O3S/c23-17-13-10-21(9-12-3-4-15(26-12)22(24)25)7-5-14(13)19-16(20-17)11-2-1-6-18-8-11/h1-4,6,8H,5,7,9-10H2,(H,19,20,23). The van der Waals surface area contributed by atoms with Crippen molar-refractivity contribution in [2.24, 2.45) is 0 Å². The molecule has 0 saturated carbocycles. The second-order valence-electron chi connectivity index (χ2n) is 6.04. The van der Waals surface area contributed by atoms with Crippen molar-refractivity contribution in [3.8, 4) is 11.4 Å². The largest absolute Gasteiger partial charge is 0.324 e. The first-order valence-corrected chi connectivity index (χ1v) is 8.90. The molecule has 9 heteroatoms. The van der Waals surface area contributed by atoms with Gasteiger partial charge in [0, 0.05) is 55.0 Å². The Hall–Kier alpha value is -2.91. The van der Waals surface area contributed by atoms with Crippen LogP contribution < -0.4 is 5.56 Å². The number of nitrogens with one attached hydrogen (secondary N) is 1. The third-order valence-corrected chi connectivity index (χ3v) is 5.31. The SMILES string of the molecule is O=c1[nH]c(-c2cccnc2)nc2c1CN(Cc1ccc([N+](=O)[O-])s1)CC2. The number of H-pyrrole nitrogens is 1. The van der Waals surface area contributed by atoms with E-state index in [2.05, 4.69) is 19.9 Å². The van der Waals surface area contributed by atoms with Crippen molar-refractivity contribution in [1.29, 1.82) is 0 Å². The predicted molar refractivity (Wildman–Crippen MR) is 96.9 cm³/mol. The average molecular weight is 369 g/mol. The van der Waals surface area contributed by atoms with Crippen molar-refractivity contribution < 1.29 is 4.92 Å². The van der Waals surface area contributed by atoms with Gasteiger partial charge >= 0.3 is 5.00 Å². The fraction of sp³-hybridized carbons (Fsp3) is 0.235. The molecule has 0 spiro atoms. The van der Waals surface area contributed by atoms with Gasteiger partial charge in [-0.2, -0.15) is 0 Å². The molecule has 4 rings (SSSR count). The lowest BCUT2D eigenvalue weighted by atomic mass is 10.1. The molecule has 4 heterocycles. The zero-order valence-corrected chi connectivity index (χ0v) is 14.5. The van der Waals surface area contributed by atoms with Gasteiger partial charge in [0.15, 0.2) is 0 Å². The molecule has 0 atom stereocenters. The van der Waals surface area contributed by atoms with Crippen molar-refractivity contribution in [2.75, 3.05) is 6.54 Å². The van der Waals surface area contributed by atoms with Crippen LogP contribution in [-0.4, -0.2) is 31.3 Å². The number of aromatic amines is 1. The highest BCUT2D eigenvalue weighted by molar-refractivity contribution is 7.15. The number of nitro groups is 1. The third kappa shape index (κ3) is 3.26. The Bertz CT molecular complexity index is 1010. The molecule has 3 aromatic heterocycles. The smallest absolute Gasteiger partial charge is 0.306 e. The molecule has 0 bridgehead atoms. The van der Waals surface area contributed by atoms with E-state index in [1.807, 2.05) is 6.07 Å². The maximum Gasteiger partial charge on any atom is 0.324 e. The van der Waals surface area contributed by atoms with Crippen LogP contribution in [0.4, 0.5) is 5.00 Å². The topological polar surface area (TPSA) is 105 Å². The minimum atomic E-state index is -0.381. The monoisotopic (exact) mass is 369 g/mol. The van der Waals surface area contributed by atoms with Crippen LogP contribution >= 0.6 is 11.3 Å². The van der Waals surface area contributed by atoms with Gasteiger partial charge in [0.1, 0.15) is 5.82 Å². The zero-order valence-electron chi connectivity index (χ0n) is 13.7. The van der Waals surface area contributed by atoms with E-state index in [9.17, 15) is 14.9 Å². The molecule has 0 saturated heterocycles. The number of aromatic nitrogens is 3. The van der Waals surface area contributed by atoms with E-state index in [0.29, 0.717) is 30.9 Å². The number of fused-ring (bicyclic) bond motifs is 1. The summed E-state index contributed by atoms with van der Waals surface area (Å²) >= 11 is 1.17. The summed E-state index contributed by atoms with van der Waals surface area (Å²) in [5.74, 6) is 0.532. The lowest BCUT2D eigenvalue weighted by Gasteiger charge is -2.27. The molecular formula is C17H15N5O3S. The fourth-order valence-corrected chi connectivity index (χ4v) is 3.89. The highest BCUT2D eigenvalue weighted by atomic mass is 32.1. The molecule has 8 nitrogen and oxygen atoms in total. The highest BCUT2D eigenvalue weighted by Gasteiger charge is 2.22. The van der Waals surface area contributed by atoms with E-state index < -0.39 is 0 Å². The molecule has 0 aromatic carbocycles. The van der Waals surface area contributed by atoms with Gasteiger partial charge in [0.25, 0.3) is 5.56 Å². The van der Waals surface area contributed by atoms with Crippen molar-refractivity contribution in [2.45, 2.75) is 19.5 Å². The Morgan fingerprint density at radius 2 is 2.23 bits per heavy atom. The second-order valence-corrected chi connectivity index (χ2v) is 7.19. The number of thiophene rings is 1. The minimum absolute atomic E-state index is 0.137. The number of hydrogen-bond acceptors (Lipinski definition) is 7. The van der Waals surface area contributed by atoms with Gasteiger partial charge < -0.3 is 4.98 Å². The molecule has 3 aromatic rings. The molecule has 1 aliphatic heterocycles. The van der Waals surface area contributed by atoms with Gasteiger partial charge in [-0.1, -0.05) is 11.3 Å². The summed E-state index contributed by atoms with van der Waals surface area (Å²) in [6.07, 6.45) is 4.01. The first-order valence-electron chi connectivity index (χ1n) is 8.08. The van der Waals surface area contributed by atoms with Crippen molar-refractivity contribution >= 4 is 16.3 Å². The Labute approximate surface area is 152 Å². The normalized spacial score (nSPS) is 14.2. The summed E-state index contributed by atoms with van der Waals surface area (Å²) in [7, 11) is 0. The predicted octanol–water partition coefficient (Wildman–Crippen LogP) is 2.36. The molecule has 26 heavy (non-hydrogen) atoms. The van der Waals surface area contributed by atoms with E-state index >= 15 is 0 Å². The van der Waals surface area contributed by atoms with Crippen LogP contribution in [0, 0.1) is 10.1 Å². The van der Waals surface area contributed by atoms with Crippen LogP contribution in [0.5, 0.6) is 0 Å². The molecule has 1 aliphatic rings. The van der Waals surface area contributed by atoms with E-state index in [1.165, 1.54) is 17.4 Å². The summed E-state index contributed by atoms with van der Waals surface area (Å²) in [4.78, 5) is 37.5. The van der Waals surface area contributed by atoms with E-state index in [-0.39, 0.29) is 15.5 Å². The summed E-state index contributed by atoms with van der Waals surface area (Å²) in [6.45, 7) is 1.82. The van der Waals surface area contributed by atoms with Crippen LogP contribution in [0.1, 0.15) is 16.1 Å². The number of hydrogen-bond donors (Lipinski definition) is 1. The van der Waals surface area contributed by atoms with Crippen LogP contribution in [0.25, 0.3) is 11.4 Å². The third-order valence-electron chi connectivity index (χ3n) is 4.29. The molecule has 0 radical (unpaired) electrons. The Balaban J connectivity index is 1.55. The summed E-state index contributed by atoms with van der Waals surface area (Å²) in [5, 5.41) is 10.9.